The largest absolute Gasteiger partial charge is 0.475 e. The van der Waals surface area contributed by atoms with Crippen molar-refractivity contribution >= 4 is 11.9 Å². The van der Waals surface area contributed by atoms with Crippen LogP contribution < -0.4 is 0 Å². The van der Waals surface area contributed by atoms with Crippen LogP contribution in [0, 0.1) is 0 Å². The summed E-state index contributed by atoms with van der Waals surface area (Å²) in [7, 11) is 0. The van der Waals surface area contributed by atoms with E-state index < -0.39 is 12.1 Å². The molecule has 8 heteroatoms. The van der Waals surface area contributed by atoms with Crippen molar-refractivity contribution in [3.8, 4) is 0 Å². The van der Waals surface area contributed by atoms with Crippen molar-refractivity contribution in [3.05, 3.63) is 59.7 Å². The number of aromatic amines is 1. The van der Waals surface area contributed by atoms with Gasteiger partial charge in [0.05, 0.1) is 12.1 Å². The fourth-order valence-electron chi connectivity index (χ4n) is 3.54. The Kier molecular flexibility index (Phi) is 7.13. The first-order valence-electron chi connectivity index (χ1n) is 9.87. The number of aliphatic hydroxyl groups is 1. The lowest BCUT2D eigenvalue weighted by molar-refractivity contribution is -0.135. The zero-order chi connectivity index (χ0) is 20.6. The van der Waals surface area contributed by atoms with E-state index in [4.69, 9.17) is 5.11 Å². The van der Waals surface area contributed by atoms with Crippen molar-refractivity contribution < 1.29 is 19.8 Å². The lowest BCUT2D eigenvalue weighted by Crippen LogP contribution is -2.43. The second kappa shape index (κ2) is 9.97. The minimum absolute atomic E-state index is 0.0361. The highest BCUT2D eigenvalue weighted by atomic mass is 16.4. The molecule has 0 saturated carbocycles. The van der Waals surface area contributed by atoms with Crippen LogP contribution in [0.25, 0.3) is 0 Å². The Hall–Kier alpha value is -3.00. The number of carboxylic acid groups (broad SMARTS) is 1. The number of aryl methyl sites for hydroxylation is 1. The number of amides is 1. The highest BCUT2D eigenvalue weighted by Crippen LogP contribution is 2.20. The van der Waals surface area contributed by atoms with Crippen LogP contribution in [0.4, 0.5) is 0 Å². The quantitative estimate of drug-likeness (QED) is 0.556. The summed E-state index contributed by atoms with van der Waals surface area (Å²) >= 11 is 0. The van der Waals surface area contributed by atoms with E-state index in [0.717, 1.165) is 18.4 Å². The van der Waals surface area contributed by atoms with Crippen LogP contribution in [0.3, 0.4) is 0 Å². The number of hydrogen-bond donors (Lipinski definition) is 3. The number of nitrogens with zero attached hydrogens (tertiary/aromatic N) is 3. The van der Waals surface area contributed by atoms with Gasteiger partial charge >= 0.3 is 5.97 Å². The summed E-state index contributed by atoms with van der Waals surface area (Å²) in [6.45, 7) is 0.547. The fourth-order valence-corrected chi connectivity index (χ4v) is 3.54. The smallest absolute Gasteiger partial charge is 0.375 e. The van der Waals surface area contributed by atoms with Gasteiger partial charge in [-0.3, -0.25) is 9.89 Å². The van der Waals surface area contributed by atoms with Crippen LogP contribution in [0.5, 0.6) is 0 Å². The van der Waals surface area contributed by atoms with Crippen LogP contribution >= 0.6 is 0 Å². The number of nitrogens with one attached hydrogen (secondary N) is 1. The number of aromatic nitrogens is 3. The first kappa shape index (κ1) is 20.7. The van der Waals surface area contributed by atoms with E-state index in [1.54, 1.807) is 6.08 Å². The highest BCUT2D eigenvalue weighted by molar-refractivity contribution is 5.82. The zero-order valence-corrected chi connectivity index (χ0v) is 16.2. The van der Waals surface area contributed by atoms with Gasteiger partial charge in [0, 0.05) is 25.8 Å². The number of hydrogen-bond acceptors (Lipinski definition) is 5. The summed E-state index contributed by atoms with van der Waals surface area (Å²) in [6.07, 6.45) is 7.04. The molecule has 1 amide bonds. The number of carbonyl (C=O) groups is 2. The number of rotatable bonds is 9. The molecule has 1 aliphatic rings. The molecule has 1 aromatic carbocycles. The molecule has 1 aromatic heterocycles. The van der Waals surface area contributed by atoms with E-state index in [9.17, 15) is 14.7 Å². The van der Waals surface area contributed by atoms with Crippen molar-refractivity contribution in [2.24, 2.45) is 0 Å². The summed E-state index contributed by atoms with van der Waals surface area (Å²) in [5.41, 5.74) is 1.06. The Morgan fingerprint density at radius 3 is 2.86 bits per heavy atom. The average Bonchev–Trinajstić information content (AvgIpc) is 3.18. The van der Waals surface area contributed by atoms with Gasteiger partial charge in [-0.2, -0.15) is 0 Å². The van der Waals surface area contributed by atoms with Crippen LogP contribution in [0.2, 0.25) is 0 Å². The fraction of sp³-hybridized carbons (Fsp3) is 0.429. The Morgan fingerprint density at radius 1 is 1.34 bits per heavy atom. The SMILES string of the molecule is O=C(O)c1n[nH]c(CCCN2C(=O)CCC[C@@H]2C=C[C@@H](O)Cc2ccccc2)n1. The molecule has 2 heterocycles. The van der Waals surface area contributed by atoms with Gasteiger partial charge in [-0.25, -0.2) is 9.78 Å². The second-order valence-corrected chi connectivity index (χ2v) is 7.20. The van der Waals surface area contributed by atoms with Gasteiger partial charge < -0.3 is 15.1 Å². The molecule has 0 unspecified atom stereocenters. The van der Waals surface area contributed by atoms with E-state index >= 15 is 0 Å². The average molecular weight is 398 g/mol. The molecule has 0 spiro atoms. The number of benzene rings is 1. The molecule has 3 rings (SSSR count). The molecule has 1 aliphatic heterocycles. The van der Waals surface area contributed by atoms with Gasteiger partial charge in [0.15, 0.2) is 0 Å². The molecule has 3 N–H and O–H groups in total. The highest BCUT2D eigenvalue weighted by Gasteiger charge is 2.26. The van der Waals surface area contributed by atoms with Crippen molar-refractivity contribution in [3.63, 3.8) is 0 Å². The molecular weight excluding hydrogens is 372 g/mol. The minimum atomic E-state index is -1.17. The molecular formula is C21H26N4O4. The first-order chi connectivity index (χ1) is 14.0. The lowest BCUT2D eigenvalue weighted by atomic mass is 9.99. The predicted octanol–water partition coefficient (Wildman–Crippen LogP) is 1.98. The predicted molar refractivity (Wildman–Crippen MR) is 106 cm³/mol. The zero-order valence-electron chi connectivity index (χ0n) is 16.2. The van der Waals surface area contributed by atoms with E-state index in [2.05, 4.69) is 15.2 Å². The van der Waals surface area contributed by atoms with Gasteiger partial charge in [0.1, 0.15) is 5.82 Å². The third kappa shape index (κ3) is 5.99. The molecule has 154 valence electrons. The first-order valence-corrected chi connectivity index (χ1v) is 9.87. The van der Waals surface area contributed by atoms with Crippen LogP contribution in [0.15, 0.2) is 42.5 Å². The topological polar surface area (TPSA) is 119 Å². The van der Waals surface area contributed by atoms with Gasteiger partial charge in [-0.15, -0.1) is 5.10 Å². The third-order valence-corrected chi connectivity index (χ3v) is 4.99. The van der Waals surface area contributed by atoms with Crippen molar-refractivity contribution in [1.82, 2.24) is 20.1 Å². The Balaban J connectivity index is 1.53. The number of carbonyl (C=O) groups excluding carboxylic acids is 1. The number of H-pyrrole nitrogens is 1. The van der Waals surface area contributed by atoms with Crippen LogP contribution in [0.1, 0.15) is 47.7 Å². The number of aliphatic hydroxyl groups excluding tert-OH is 1. The Bertz CT molecular complexity index is 849. The van der Waals surface area contributed by atoms with E-state index in [1.165, 1.54) is 0 Å². The summed E-state index contributed by atoms with van der Waals surface area (Å²) in [5.74, 6) is -0.815. The van der Waals surface area contributed by atoms with Crippen LogP contribution in [-0.4, -0.2) is 60.9 Å². The molecule has 0 bridgehead atoms. The molecule has 0 radical (unpaired) electrons. The molecule has 29 heavy (non-hydrogen) atoms. The van der Waals surface area contributed by atoms with Gasteiger partial charge in [-0.1, -0.05) is 42.5 Å². The van der Waals surface area contributed by atoms with E-state index in [0.29, 0.717) is 38.1 Å². The lowest BCUT2D eigenvalue weighted by Gasteiger charge is -2.34. The molecule has 2 atom stereocenters. The molecule has 8 nitrogen and oxygen atoms in total. The standard InChI is InChI=1S/C21H26N4O4/c26-17(14-15-6-2-1-3-7-15)12-11-16-8-4-10-19(27)25(16)13-5-9-18-22-20(21(28)29)24-23-18/h1-3,6-7,11-12,16-17,26H,4-5,8-10,13-14H2,(H,28,29)(H,22,23,24)/t16-,17-/m1/s1. The molecule has 2 aromatic rings. The Morgan fingerprint density at radius 2 is 2.14 bits per heavy atom. The molecule has 0 aliphatic carbocycles. The van der Waals surface area contributed by atoms with Crippen molar-refractivity contribution in [2.45, 2.75) is 50.7 Å². The van der Waals surface area contributed by atoms with Gasteiger partial charge in [0.2, 0.25) is 5.91 Å². The maximum atomic E-state index is 12.4. The number of piperidine rings is 1. The third-order valence-electron chi connectivity index (χ3n) is 4.99. The summed E-state index contributed by atoms with van der Waals surface area (Å²) in [4.78, 5) is 29.0. The van der Waals surface area contributed by atoms with Crippen molar-refractivity contribution in [2.75, 3.05) is 6.54 Å². The second-order valence-electron chi connectivity index (χ2n) is 7.20. The molecule has 1 fully saturated rings. The monoisotopic (exact) mass is 398 g/mol. The maximum Gasteiger partial charge on any atom is 0.375 e. The van der Waals surface area contributed by atoms with Crippen molar-refractivity contribution in [1.29, 1.82) is 0 Å². The van der Waals surface area contributed by atoms with E-state index in [-0.39, 0.29) is 17.8 Å². The summed E-state index contributed by atoms with van der Waals surface area (Å²) < 4.78 is 0. The molecule has 1 saturated heterocycles. The number of likely N-dealkylation sites (tertiary alicyclic amines) is 1. The number of carboxylic acids is 1. The van der Waals surface area contributed by atoms with E-state index in [1.807, 2.05) is 41.3 Å². The maximum absolute atomic E-state index is 12.4. The van der Waals surface area contributed by atoms with Crippen LogP contribution in [-0.2, 0) is 17.6 Å². The minimum Gasteiger partial charge on any atom is -0.475 e. The normalized spacial score (nSPS) is 18.3. The van der Waals surface area contributed by atoms with Gasteiger partial charge in [0.25, 0.3) is 5.82 Å². The van der Waals surface area contributed by atoms with Gasteiger partial charge in [-0.05, 0) is 24.8 Å². The summed E-state index contributed by atoms with van der Waals surface area (Å²) in [6, 6.07) is 9.76. The summed E-state index contributed by atoms with van der Waals surface area (Å²) in [5, 5.41) is 25.4. The Labute approximate surface area is 169 Å². The number of aromatic carboxylic acids is 1.